The number of rotatable bonds is 8. The van der Waals surface area contributed by atoms with Gasteiger partial charge in [0.05, 0.1) is 37.9 Å². The van der Waals surface area contributed by atoms with E-state index in [1.165, 1.54) is 16.1 Å². The lowest BCUT2D eigenvalue weighted by molar-refractivity contribution is 0.0619. The molecule has 10 heteroatoms. The fraction of sp³-hybridized carbons (Fsp3) is 0.519. The van der Waals surface area contributed by atoms with Crippen LogP contribution in [0.2, 0.25) is 0 Å². The topological polar surface area (TPSA) is 85.4 Å². The number of likely N-dealkylation sites (tertiary alicyclic amines) is 1. The molecule has 2 saturated heterocycles. The number of para-hydroxylation sites is 1. The second-order valence-electron chi connectivity index (χ2n) is 9.77. The number of sulfonamides is 1. The second kappa shape index (κ2) is 12.1. The van der Waals surface area contributed by atoms with Crippen LogP contribution in [0.25, 0.3) is 0 Å². The molecule has 1 amide bonds. The Kier molecular flexibility index (Phi) is 9.05. The first-order valence-electron chi connectivity index (χ1n) is 12.6. The minimum atomic E-state index is -3.74. The van der Waals surface area contributed by atoms with Gasteiger partial charge in [0.1, 0.15) is 0 Å². The van der Waals surface area contributed by atoms with Gasteiger partial charge in [0, 0.05) is 42.4 Å². The van der Waals surface area contributed by atoms with Crippen LogP contribution in [0, 0.1) is 11.8 Å². The van der Waals surface area contributed by atoms with Crippen LogP contribution < -0.4 is 9.47 Å². The lowest BCUT2D eigenvalue weighted by Gasteiger charge is -2.35. The first-order valence-corrected chi connectivity index (χ1v) is 15.0. The van der Waals surface area contributed by atoms with Gasteiger partial charge in [-0.3, -0.25) is 4.79 Å². The number of thioether (sulfide) groups is 1. The van der Waals surface area contributed by atoms with Crippen LogP contribution in [0.5, 0.6) is 11.5 Å². The summed E-state index contributed by atoms with van der Waals surface area (Å²) in [5, 5.41) is 0. The SMILES string of the molecule is COc1cccc(CSc2ccc(S(=O)(=O)N3CCOCC3)cc2C(=O)N2C[C@@H](C)C[C@H](C)C2)c1OC. The molecule has 2 fully saturated rings. The minimum Gasteiger partial charge on any atom is -0.493 e. The van der Waals surface area contributed by atoms with Crippen molar-refractivity contribution in [3.63, 3.8) is 0 Å². The lowest BCUT2D eigenvalue weighted by Crippen LogP contribution is -2.43. The quantitative estimate of drug-likeness (QED) is 0.459. The Balaban J connectivity index is 1.68. The summed E-state index contributed by atoms with van der Waals surface area (Å²) >= 11 is 1.49. The van der Waals surface area contributed by atoms with E-state index in [-0.39, 0.29) is 10.8 Å². The van der Waals surface area contributed by atoms with Crippen molar-refractivity contribution in [1.82, 2.24) is 9.21 Å². The van der Waals surface area contributed by atoms with E-state index in [9.17, 15) is 13.2 Å². The van der Waals surface area contributed by atoms with Crippen LogP contribution in [0.4, 0.5) is 0 Å². The van der Waals surface area contributed by atoms with Crippen LogP contribution in [0.1, 0.15) is 36.2 Å². The molecule has 0 saturated carbocycles. The molecule has 0 spiro atoms. The zero-order chi connectivity index (χ0) is 26.6. The number of methoxy groups -OCH3 is 2. The van der Waals surface area contributed by atoms with E-state index in [4.69, 9.17) is 14.2 Å². The number of benzene rings is 2. The number of nitrogens with zero attached hydrogens (tertiary/aromatic N) is 2. The van der Waals surface area contributed by atoms with Crippen molar-refractivity contribution < 1.29 is 27.4 Å². The first-order chi connectivity index (χ1) is 17.7. The van der Waals surface area contributed by atoms with Crippen molar-refractivity contribution in [1.29, 1.82) is 0 Å². The molecule has 0 aliphatic carbocycles. The number of ether oxygens (including phenoxy) is 3. The van der Waals surface area contributed by atoms with Gasteiger partial charge in [-0.2, -0.15) is 4.31 Å². The van der Waals surface area contributed by atoms with Crippen LogP contribution in [0.3, 0.4) is 0 Å². The van der Waals surface area contributed by atoms with Gasteiger partial charge in [-0.05, 0) is 42.5 Å². The maximum atomic E-state index is 13.8. The first kappa shape index (κ1) is 27.8. The molecule has 0 unspecified atom stereocenters. The molecule has 2 atom stereocenters. The van der Waals surface area contributed by atoms with Crippen molar-refractivity contribution in [3.05, 3.63) is 47.5 Å². The van der Waals surface area contributed by atoms with E-state index >= 15 is 0 Å². The highest BCUT2D eigenvalue weighted by Gasteiger charge is 2.31. The summed E-state index contributed by atoms with van der Waals surface area (Å²) in [6, 6.07) is 10.6. The molecular formula is C27H36N2O6S2. The van der Waals surface area contributed by atoms with Crippen LogP contribution in [-0.4, -0.2) is 77.1 Å². The maximum absolute atomic E-state index is 13.8. The molecule has 8 nitrogen and oxygen atoms in total. The molecule has 2 aromatic carbocycles. The fourth-order valence-electron chi connectivity index (χ4n) is 5.12. The Morgan fingerprint density at radius 1 is 1.05 bits per heavy atom. The van der Waals surface area contributed by atoms with E-state index in [1.807, 2.05) is 23.1 Å². The van der Waals surface area contributed by atoms with Gasteiger partial charge in [-0.25, -0.2) is 8.42 Å². The molecule has 2 aliphatic heterocycles. The number of hydrogen-bond acceptors (Lipinski definition) is 7. The molecule has 2 aromatic rings. The van der Waals surface area contributed by atoms with Crippen molar-refractivity contribution in [2.45, 2.75) is 35.8 Å². The summed E-state index contributed by atoms with van der Waals surface area (Å²) in [5.74, 6) is 2.48. The normalized spacial score (nSPS) is 21.0. The Morgan fingerprint density at radius 3 is 2.41 bits per heavy atom. The van der Waals surface area contributed by atoms with Crippen molar-refractivity contribution in [3.8, 4) is 11.5 Å². The van der Waals surface area contributed by atoms with Crippen LogP contribution in [0.15, 0.2) is 46.2 Å². The van der Waals surface area contributed by atoms with Crippen molar-refractivity contribution in [2.24, 2.45) is 11.8 Å². The molecule has 0 aromatic heterocycles. The summed E-state index contributed by atoms with van der Waals surface area (Å²) in [6.45, 7) is 6.97. The fourth-order valence-corrected chi connectivity index (χ4v) is 7.56. The van der Waals surface area contributed by atoms with Gasteiger partial charge in [0.15, 0.2) is 11.5 Å². The molecule has 4 rings (SSSR count). The third kappa shape index (κ3) is 6.25. The van der Waals surface area contributed by atoms with Gasteiger partial charge in [0.25, 0.3) is 5.91 Å². The number of piperidine rings is 1. The highest BCUT2D eigenvalue weighted by atomic mass is 32.2. The smallest absolute Gasteiger partial charge is 0.255 e. The zero-order valence-electron chi connectivity index (χ0n) is 21.9. The van der Waals surface area contributed by atoms with Gasteiger partial charge >= 0.3 is 0 Å². The van der Waals surface area contributed by atoms with E-state index in [1.54, 1.807) is 32.4 Å². The summed E-state index contributed by atoms with van der Waals surface area (Å²) in [6.07, 6.45) is 1.08. The van der Waals surface area contributed by atoms with E-state index in [2.05, 4.69) is 13.8 Å². The molecule has 2 heterocycles. The zero-order valence-corrected chi connectivity index (χ0v) is 23.6. The number of morpholine rings is 1. The maximum Gasteiger partial charge on any atom is 0.255 e. The lowest BCUT2D eigenvalue weighted by atomic mass is 9.91. The molecule has 0 N–H and O–H groups in total. The molecule has 0 bridgehead atoms. The van der Waals surface area contributed by atoms with E-state index in [0.29, 0.717) is 74.0 Å². The predicted molar refractivity (Wildman–Crippen MR) is 144 cm³/mol. The Morgan fingerprint density at radius 2 is 1.76 bits per heavy atom. The summed E-state index contributed by atoms with van der Waals surface area (Å²) in [7, 11) is -0.538. The standard InChI is InChI=1S/C27H36N2O6S2/c1-19-14-20(2)17-28(16-19)27(30)23-15-22(37(31,32)29-10-12-35-13-11-29)8-9-25(23)36-18-21-6-5-7-24(33-3)26(21)34-4/h5-9,15,19-20H,10-14,16-18H2,1-4H3/t19-,20-/m0/s1. The highest BCUT2D eigenvalue weighted by Crippen LogP contribution is 2.37. The molecule has 0 radical (unpaired) electrons. The average Bonchev–Trinajstić information content (AvgIpc) is 2.91. The van der Waals surface area contributed by atoms with Gasteiger partial charge < -0.3 is 19.1 Å². The number of carbonyl (C=O) groups excluding carboxylic acids is 1. The number of amides is 1. The molecule has 37 heavy (non-hydrogen) atoms. The summed E-state index contributed by atoms with van der Waals surface area (Å²) < 4.78 is 44.6. The second-order valence-corrected chi connectivity index (χ2v) is 12.7. The molecular weight excluding hydrogens is 512 g/mol. The van der Waals surface area contributed by atoms with Gasteiger partial charge in [-0.15, -0.1) is 11.8 Å². The molecule has 2 aliphatic rings. The van der Waals surface area contributed by atoms with Crippen LogP contribution in [-0.2, 0) is 20.5 Å². The third-order valence-corrected chi connectivity index (χ3v) is 9.83. The van der Waals surface area contributed by atoms with Crippen LogP contribution >= 0.6 is 11.8 Å². The highest BCUT2D eigenvalue weighted by molar-refractivity contribution is 7.98. The monoisotopic (exact) mass is 548 g/mol. The summed E-state index contributed by atoms with van der Waals surface area (Å²) in [4.78, 5) is 16.6. The minimum absolute atomic E-state index is 0.127. The predicted octanol–water partition coefficient (Wildman–Crippen LogP) is 4.14. The van der Waals surface area contributed by atoms with E-state index in [0.717, 1.165) is 16.9 Å². The average molecular weight is 549 g/mol. The Labute approximate surface area is 224 Å². The van der Waals surface area contributed by atoms with Crippen molar-refractivity contribution in [2.75, 3.05) is 53.6 Å². The molecule has 202 valence electrons. The van der Waals surface area contributed by atoms with Gasteiger partial charge in [-0.1, -0.05) is 26.0 Å². The third-order valence-electron chi connectivity index (χ3n) is 6.81. The Bertz CT molecular complexity index is 1200. The van der Waals surface area contributed by atoms with Crippen molar-refractivity contribution >= 4 is 27.7 Å². The number of carbonyl (C=O) groups is 1. The number of hydrogen-bond donors (Lipinski definition) is 0. The Hall–Kier alpha value is -2.27. The van der Waals surface area contributed by atoms with E-state index < -0.39 is 10.0 Å². The van der Waals surface area contributed by atoms with Gasteiger partial charge in [0.2, 0.25) is 10.0 Å². The largest absolute Gasteiger partial charge is 0.493 e. The summed E-state index contributed by atoms with van der Waals surface area (Å²) in [5.41, 5.74) is 1.35.